The van der Waals surface area contributed by atoms with Gasteiger partial charge in [0.2, 0.25) is 0 Å². The van der Waals surface area contributed by atoms with Crippen molar-refractivity contribution in [2.24, 2.45) is 5.73 Å². The summed E-state index contributed by atoms with van der Waals surface area (Å²) in [7, 11) is 0. The second-order valence-corrected chi connectivity index (χ2v) is 7.39. The molecule has 0 amide bonds. The Hall–Kier alpha value is -2.08. The van der Waals surface area contributed by atoms with Gasteiger partial charge in [0.1, 0.15) is 0 Å². The molecule has 5 heteroatoms. The van der Waals surface area contributed by atoms with E-state index in [1.54, 1.807) is 13.0 Å². The third kappa shape index (κ3) is 6.82. The molecule has 5 nitrogen and oxygen atoms in total. The number of aryl methyl sites for hydroxylation is 2. The zero-order valence-corrected chi connectivity index (χ0v) is 16.8. The van der Waals surface area contributed by atoms with Gasteiger partial charge < -0.3 is 26.4 Å². The molecule has 0 fully saturated rings. The number of phenols is 2. The molecule has 0 saturated heterocycles. The number of rotatable bonds is 12. The zero-order valence-electron chi connectivity index (χ0n) is 16.8. The van der Waals surface area contributed by atoms with Crippen LogP contribution in [0.2, 0.25) is 0 Å². The van der Waals surface area contributed by atoms with Crippen molar-refractivity contribution >= 4 is 0 Å². The van der Waals surface area contributed by atoms with E-state index in [-0.39, 0.29) is 11.5 Å². The highest BCUT2D eigenvalue weighted by Crippen LogP contribution is 2.33. The summed E-state index contributed by atoms with van der Waals surface area (Å²) in [5, 5.41) is 32.8. The zero-order chi connectivity index (χ0) is 20.4. The molecule has 2 rings (SSSR count). The largest absolute Gasteiger partial charge is 0.504 e. The van der Waals surface area contributed by atoms with Crippen LogP contribution in [0.5, 0.6) is 11.5 Å². The molecule has 0 radical (unpaired) electrons. The van der Waals surface area contributed by atoms with Crippen LogP contribution in [0.15, 0.2) is 36.4 Å². The second kappa shape index (κ2) is 11.7. The summed E-state index contributed by atoms with van der Waals surface area (Å²) < 4.78 is 0. The molecule has 0 aliphatic heterocycles. The number of aliphatic hydroxyl groups excluding tert-OH is 1. The highest BCUT2D eigenvalue weighted by atomic mass is 16.3. The highest BCUT2D eigenvalue weighted by Gasteiger charge is 2.14. The number of hydrogen-bond acceptors (Lipinski definition) is 5. The third-order valence-corrected chi connectivity index (χ3v) is 5.16. The van der Waals surface area contributed by atoms with Crippen molar-refractivity contribution in [3.05, 3.63) is 58.7 Å². The fourth-order valence-electron chi connectivity index (χ4n) is 3.34. The summed E-state index contributed by atoms with van der Waals surface area (Å²) >= 11 is 0. The van der Waals surface area contributed by atoms with Gasteiger partial charge >= 0.3 is 0 Å². The van der Waals surface area contributed by atoms with Crippen molar-refractivity contribution in [1.29, 1.82) is 0 Å². The lowest BCUT2D eigenvalue weighted by atomic mass is 10.0. The number of hydrogen-bond donors (Lipinski definition) is 5. The number of phenolic OH excluding ortho intramolecular Hbond substituents is 2. The summed E-state index contributed by atoms with van der Waals surface area (Å²) in [6, 6.07) is 11.9. The molecule has 154 valence electrons. The maximum Gasteiger partial charge on any atom is 0.160 e. The average Bonchev–Trinajstić information content (AvgIpc) is 2.70. The molecule has 0 bridgehead atoms. The third-order valence-electron chi connectivity index (χ3n) is 5.16. The Labute approximate surface area is 168 Å². The van der Waals surface area contributed by atoms with E-state index in [0.29, 0.717) is 17.7 Å². The molecule has 28 heavy (non-hydrogen) atoms. The first-order valence-corrected chi connectivity index (χ1v) is 10.2. The topological polar surface area (TPSA) is 98.7 Å². The number of unbranched alkanes of at least 4 members (excludes halogenated alkanes) is 2. The van der Waals surface area contributed by atoms with Gasteiger partial charge in [0.15, 0.2) is 11.5 Å². The van der Waals surface area contributed by atoms with Crippen molar-refractivity contribution in [2.45, 2.75) is 51.6 Å². The molecular formula is C23H34N2O3. The predicted octanol–water partition coefficient (Wildman–Crippen LogP) is 3.33. The minimum Gasteiger partial charge on any atom is -0.504 e. The number of nitrogens with two attached hydrogens (primary N) is 1. The van der Waals surface area contributed by atoms with Gasteiger partial charge in [-0.05, 0) is 81.3 Å². The van der Waals surface area contributed by atoms with Gasteiger partial charge in [-0.3, -0.25) is 0 Å². The van der Waals surface area contributed by atoms with Crippen molar-refractivity contribution < 1.29 is 15.3 Å². The fraction of sp³-hybridized carbons (Fsp3) is 0.478. The van der Waals surface area contributed by atoms with Crippen molar-refractivity contribution in [3.8, 4) is 11.5 Å². The summed E-state index contributed by atoms with van der Waals surface area (Å²) in [6.07, 6.45) is 5.80. The van der Waals surface area contributed by atoms with E-state index in [1.165, 1.54) is 17.2 Å². The lowest BCUT2D eigenvalue weighted by Crippen LogP contribution is -2.23. The van der Waals surface area contributed by atoms with Crippen LogP contribution in [0.3, 0.4) is 0 Å². The smallest absolute Gasteiger partial charge is 0.160 e. The first kappa shape index (κ1) is 22.2. The Bertz CT molecular complexity index is 717. The molecule has 0 heterocycles. The van der Waals surface area contributed by atoms with Crippen LogP contribution in [-0.4, -0.2) is 35.0 Å². The van der Waals surface area contributed by atoms with E-state index in [1.807, 2.05) is 0 Å². The maximum atomic E-state index is 10.3. The van der Waals surface area contributed by atoms with Gasteiger partial charge in [0.25, 0.3) is 0 Å². The quantitative estimate of drug-likeness (QED) is 0.285. The first-order valence-electron chi connectivity index (χ1n) is 10.2. The molecule has 2 aromatic rings. The molecule has 0 aliphatic rings. The molecule has 1 atom stereocenters. The van der Waals surface area contributed by atoms with E-state index in [4.69, 9.17) is 5.73 Å². The Morgan fingerprint density at radius 2 is 1.50 bits per heavy atom. The van der Waals surface area contributed by atoms with Crippen LogP contribution < -0.4 is 11.1 Å². The molecule has 0 aliphatic carbocycles. The van der Waals surface area contributed by atoms with Gasteiger partial charge in [-0.25, -0.2) is 0 Å². The highest BCUT2D eigenvalue weighted by molar-refractivity contribution is 5.48. The van der Waals surface area contributed by atoms with Gasteiger partial charge in [0.05, 0.1) is 6.10 Å². The Kier molecular flexibility index (Phi) is 9.28. The van der Waals surface area contributed by atoms with Gasteiger partial charge in [-0.1, -0.05) is 30.3 Å². The number of aliphatic hydroxyl groups is 1. The van der Waals surface area contributed by atoms with Crippen LogP contribution in [0.25, 0.3) is 0 Å². The van der Waals surface area contributed by atoms with Gasteiger partial charge in [0, 0.05) is 12.1 Å². The van der Waals surface area contributed by atoms with Gasteiger partial charge in [-0.2, -0.15) is 0 Å². The molecule has 6 N–H and O–H groups in total. The molecule has 0 unspecified atom stereocenters. The average molecular weight is 387 g/mol. The second-order valence-electron chi connectivity index (χ2n) is 7.39. The Morgan fingerprint density at radius 1 is 0.893 bits per heavy atom. The van der Waals surface area contributed by atoms with E-state index >= 15 is 0 Å². The first-order chi connectivity index (χ1) is 13.5. The predicted molar refractivity (Wildman–Crippen MR) is 114 cm³/mol. The number of nitrogens with one attached hydrogen (secondary N) is 1. The van der Waals surface area contributed by atoms with E-state index < -0.39 is 6.10 Å². The summed E-state index contributed by atoms with van der Waals surface area (Å²) in [4.78, 5) is 0. The molecular weight excluding hydrogens is 352 g/mol. The van der Waals surface area contributed by atoms with Crippen LogP contribution in [0.1, 0.15) is 54.0 Å². The van der Waals surface area contributed by atoms with E-state index in [9.17, 15) is 15.3 Å². The van der Waals surface area contributed by atoms with Crippen LogP contribution in [-0.2, 0) is 12.8 Å². The number of aromatic hydroxyl groups is 2. The molecule has 0 aromatic heterocycles. The van der Waals surface area contributed by atoms with E-state index in [2.05, 4.69) is 29.6 Å². The molecule has 0 saturated carbocycles. The van der Waals surface area contributed by atoms with Crippen LogP contribution >= 0.6 is 0 Å². The Balaban J connectivity index is 1.63. The minimum absolute atomic E-state index is 0.162. The summed E-state index contributed by atoms with van der Waals surface area (Å²) in [5.41, 5.74) is 9.42. The molecule has 2 aromatic carbocycles. The normalized spacial score (nSPS) is 12.2. The van der Waals surface area contributed by atoms with Gasteiger partial charge in [-0.15, -0.1) is 0 Å². The summed E-state index contributed by atoms with van der Waals surface area (Å²) in [5.74, 6) is -0.327. The minimum atomic E-state index is -0.710. The van der Waals surface area contributed by atoms with Crippen LogP contribution in [0, 0.1) is 6.92 Å². The monoisotopic (exact) mass is 386 g/mol. The van der Waals surface area contributed by atoms with Crippen LogP contribution in [0.4, 0.5) is 0 Å². The van der Waals surface area contributed by atoms with Crippen molar-refractivity contribution in [3.63, 3.8) is 0 Å². The molecule has 0 spiro atoms. The van der Waals surface area contributed by atoms with Crippen molar-refractivity contribution in [1.82, 2.24) is 5.32 Å². The SMILES string of the molecule is Cc1c([C@@H](O)CNCCCCc2ccc(CCCCN)cc2)ccc(O)c1O. The number of benzene rings is 2. The lowest BCUT2D eigenvalue weighted by molar-refractivity contribution is 0.173. The standard InChI is InChI=1S/C23H34N2O3/c1-17-20(12-13-21(26)23(17)28)22(27)16-25-15-5-3-7-19-10-8-18(9-11-19)6-2-4-14-24/h8-13,22,25-28H,2-7,14-16,24H2,1H3/t22-/m0/s1. The van der Waals surface area contributed by atoms with E-state index in [0.717, 1.165) is 51.6 Å². The fourth-order valence-corrected chi connectivity index (χ4v) is 3.34. The maximum absolute atomic E-state index is 10.3. The Morgan fingerprint density at radius 3 is 2.11 bits per heavy atom. The summed E-state index contributed by atoms with van der Waals surface area (Å²) in [6.45, 7) is 3.71. The lowest BCUT2D eigenvalue weighted by Gasteiger charge is -2.16. The van der Waals surface area contributed by atoms with Crippen molar-refractivity contribution in [2.75, 3.05) is 19.6 Å².